The van der Waals surface area contributed by atoms with Crippen molar-refractivity contribution in [1.29, 1.82) is 0 Å². The fraction of sp³-hybridized carbons (Fsp3) is 0.533. The Labute approximate surface area is 186 Å². The number of nitrogens with two attached hydrogens (primary N) is 1. The van der Waals surface area contributed by atoms with Crippen LogP contribution in [0.2, 0.25) is 0 Å². The molecule has 1 heterocycles. The molecule has 0 spiro atoms. The van der Waals surface area contributed by atoms with Gasteiger partial charge in [0.05, 0.1) is 18.7 Å². The SMILES string of the molecule is CC(C)(OC(=O)c1c(I)c(I)cc(I)c1I)C1CC[NH2+]CC1. The van der Waals surface area contributed by atoms with Crippen LogP contribution in [0.5, 0.6) is 0 Å². The summed E-state index contributed by atoms with van der Waals surface area (Å²) in [5.41, 5.74) is 0.303. The third kappa shape index (κ3) is 4.59. The number of esters is 1. The van der Waals surface area contributed by atoms with Crippen LogP contribution in [0.15, 0.2) is 6.07 Å². The minimum atomic E-state index is -0.412. The maximum atomic E-state index is 12.8. The number of hydrogen-bond donors (Lipinski definition) is 1. The highest BCUT2D eigenvalue weighted by Gasteiger charge is 2.36. The number of quaternary nitrogens is 1. The van der Waals surface area contributed by atoms with Crippen LogP contribution < -0.4 is 5.32 Å². The fourth-order valence-electron chi connectivity index (χ4n) is 2.75. The second kappa shape index (κ2) is 8.30. The van der Waals surface area contributed by atoms with Gasteiger partial charge in [-0.3, -0.25) is 0 Å². The molecule has 22 heavy (non-hydrogen) atoms. The minimum Gasteiger partial charge on any atom is -0.456 e. The summed E-state index contributed by atoms with van der Waals surface area (Å²) < 4.78 is 10.1. The largest absolute Gasteiger partial charge is 0.456 e. The lowest BCUT2D eigenvalue weighted by Gasteiger charge is -2.35. The topological polar surface area (TPSA) is 42.9 Å². The lowest BCUT2D eigenvalue weighted by molar-refractivity contribution is -0.665. The first-order chi connectivity index (χ1) is 10.2. The molecule has 0 unspecified atom stereocenters. The Balaban J connectivity index is 2.25. The monoisotopic (exact) mass is 752 g/mol. The van der Waals surface area contributed by atoms with Gasteiger partial charge in [0.25, 0.3) is 0 Å². The molecule has 1 aromatic rings. The molecule has 0 aliphatic carbocycles. The average molecular weight is 752 g/mol. The number of carbonyl (C=O) groups excluding carboxylic acids is 1. The lowest BCUT2D eigenvalue weighted by Crippen LogP contribution is -2.86. The first-order valence-corrected chi connectivity index (χ1v) is 11.4. The Kier molecular flexibility index (Phi) is 7.50. The van der Waals surface area contributed by atoms with Gasteiger partial charge in [-0.2, -0.15) is 0 Å². The third-order valence-corrected chi connectivity index (χ3v) is 10.1. The normalized spacial score (nSPS) is 16.6. The second-order valence-corrected chi connectivity index (χ2v) is 10.5. The molecule has 122 valence electrons. The number of halogens is 4. The number of rotatable bonds is 3. The van der Waals surface area contributed by atoms with E-state index in [-0.39, 0.29) is 5.97 Å². The third-order valence-electron chi connectivity index (χ3n) is 4.09. The quantitative estimate of drug-likeness (QED) is 0.289. The molecule has 2 rings (SSSR count). The first-order valence-electron chi connectivity index (χ1n) is 7.12. The summed E-state index contributed by atoms with van der Waals surface area (Å²) >= 11 is 9.05. The van der Waals surface area contributed by atoms with Crippen molar-refractivity contribution in [3.8, 4) is 0 Å². The zero-order valence-corrected chi connectivity index (χ0v) is 21.0. The Bertz CT molecular complexity index is 557. The molecule has 0 amide bonds. The summed E-state index contributed by atoms with van der Waals surface area (Å²) in [7, 11) is 0. The summed E-state index contributed by atoms with van der Waals surface area (Å²) in [5.74, 6) is 0.253. The van der Waals surface area contributed by atoms with Crippen LogP contribution in [-0.2, 0) is 4.74 Å². The molecule has 0 aromatic heterocycles. The van der Waals surface area contributed by atoms with Crippen molar-refractivity contribution in [1.82, 2.24) is 0 Å². The van der Waals surface area contributed by atoms with Gasteiger partial charge in [0.15, 0.2) is 0 Å². The maximum Gasteiger partial charge on any atom is 0.340 e. The zero-order chi connectivity index (χ0) is 16.5. The number of benzene rings is 1. The van der Waals surface area contributed by atoms with Crippen LogP contribution in [0, 0.1) is 20.2 Å². The van der Waals surface area contributed by atoms with Crippen molar-refractivity contribution < 1.29 is 14.8 Å². The summed E-state index contributed by atoms with van der Waals surface area (Å²) in [5, 5.41) is 2.34. The van der Waals surface area contributed by atoms with Crippen LogP contribution >= 0.6 is 90.4 Å². The molecule has 2 N–H and O–H groups in total. The predicted octanol–water partition coefficient (Wildman–Crippen LogP) is 4.01. The smallest absolute Gasteiger partial charge is 0.340 e. The molecular formula is C15H18I4NO2+. The van der Waals surface area contributed by atoms with Gasteiger partial charge in [-0.1, -0.05) is 0 Å². The highest BCUT2D eigenvalue weighted by Crippen LogP contribution is 2.33. The highest BCUT2D eigenvalue weighted by molar-refractivity contribution is 14.1. The zero-order valence-electron chi connectivity index (χ0n) is 12.4. The van der Waals surface area contributed by atoms with E-state index in [1.165, 1.54) is 0 Å². The summed E-state index contributed by atoms with van der Waals surface area (Å²) in [6.07, 6.45) is 2.22. The van der Waals surface area contributed by atoms with E-state index < -0.39 is 5.60 Å². The van der Waals surface area contributed by atoms with Crippen molar-refractivity contribution in [2.24, 2.45) is 5.92 Å². The molecule has 1 fully saturated rings. The average Bonchev–Trinajstić information content (AvgIpc) is 2.46. The van der Waals surface area contributed by atoms with Crippen molar-refractivity contribution in [3.63, 3.8) is 0 Å². The Morgan fingerprint density at radius 3 is 2.14 bits per heavy atom. The van der Waals surface area contributed by atoms with Crippen molar-refractivity contribution in [2.45, 2.75) is 32.3 Å². The van der Waals surface area contributed by atoms with E-state index in [4.69, 9.17) is 4.74 Å². The predicted molar refractivity (Wildman–Crippen MR) is 121 cm³/mol. The van der Waals surface area contributed by atoms with Crippen LogP contribution in [0.4, 0.5) is 0 Å². The standard InChI is InChI=1S/C15H17I4NO2/c1-15(2,8-3-5-20-6-4-8)22-14(21)11-12(18)9(16)7-10(17)13(11)19/h7-8,20H,3-6H2,1-2H3/p+1. The van der Waals surface area contributed by atoms with Crippen molar-refractivity contribution >= 4 is 96.3 Å². The van der Waals surface area contributed by atoms with E-state index in [1.807, 2.05) is 0 Å². The molecule has 0 saturated carbocycles. The minimum absolute atomic E-state index is 0.190. The summed E-state index contributed by atoms with van der Waals surface area (Å²) in [6.45, 7) is 6.36. The molecule has 3 nitrogen and oxygen atoms in total. The number of piperidine rings is 1. The van der Waals surface area contributed by atoms with Crippen molar-refractivity contribution in [2.75, 3.05) is 13.1 Å². The second-order valence-electron chi connectivity index (χ2n) is 5.98. The van der Waals surface area contributed by atoms with E-state index in [0.717, 1.165) is 40.2 Å². The van der Waals surface area contributed by atoms with Gasteiger partial charge >= 0.3 is 5.97 Å². The molecular weight excluding hydrogens is 734 g/mol. The van der Waals surface area contributed by atoms with E-state index in [2.05, 4.69) is 116 Å². The van der Waals surface area contributed by atoms with E-state index in [0.29, 0.717) is 11.5 Å². The summed E-state index contributed by atoms with van der Waals surface area (Å²) in [4.78, 5) is 12.8. The van der Waals surface area contributed by atoms with Gasteiger partial charge in [0.1, 0.15) is 5.60 Å². The number of hydrogen-bond acceptors (Lipinski definition) is 2. The highest BCUT2D eigenvalue weighted by atomic mass is 127. The van der Waals surface area contributed by atoms with Crippen molar-refractivity contribution in [3.05, 3.63) is 25.9 Å². The number of carbonyl (C=O) groups is 1. The molecule has 1 saturated heterocycles. The van der Waals surface area contributed by atoms with Crippen LogP contribution in [0.25, 0.3) is 0 Å². The van der Waals surface area contributed by atoms with Crippen LogP contribution in [-0.4, -0.2) is 24.7 Å². The molecule has 1 aliphatic rings. The molecule has 7 heteroatoms. The first kappa shape index (κ1) is 19.9. The van der Waals surface area contributed by atoms with Gasteiger partial charge in [-0.05, 0) is 110 Å². The molecule has 0 atom stereocenters. The molecule has 1 aliphatic heterocycles. The summed E-state index contributed by atoms with van der Waals surface area (Å²) in [6, 6.07) is 2.10. The van der Waals surface area contributed by atoms with Gasteiger partial charge in [0, 0.05) is 33.0 Å². The fourth-order valence-corrected chi connectivity index (χ4v) is 6.31. The molecule has 0 bridgehead atoms. The van der Waals surface area contributed by atoms with Crippen LogP contribution in [0.3, 0.4) is 0 Å². The van der Waals surface area contributed by atoms with Gasteiger partial charge < -0.3 is 10.1 Å². The maximum absolute atomic E-state index is 12.8. The molecule has 1 aromatic carbocycles. The lowest BCUT2D eigenvalue weighted by atomic mass is 9.83. The number of ether oxygens (including phenoxy) is 1. The molecule has 0 radical (unpaired) electrons. The van der Waals surface area contributed by atoms with E-state index in [9.17, 15) is 4.79 Å². The Morgan fingerprint density at radius 1 is 1.14 bits per heavy atom. The van der Waals surface area contributed by atoms with Gasteiger partial charge in [0.2, 0.25) is 0 Å². The van der Waals surface area contributed by atoms with Gasteiger partial charge in [-0.25, -0.2) is 4.79 Å². The Hall–Kier alpha value is 1.57. The Morgan fingerprint density at radius 2 is 1.64 bits per heavy atom. The van der Waals surface area contributed by atoms with Gasteiger partial charge in [-0.15, -0.1) is 0 Å². The van der Waals surface area contributed by atoms with Crippen LogP contribution in [0.1, 0.15) is 37.0 Å². The van der Waals surface area contributed by atoms with E-state index in [1.54, 1.807) is 0 Å². The van der Waals surface area contributed by atoms with E-state index >= 15 is 0 Å².